The van der Waals surface area contributed by atoms with Gasteiger partial charge in [0.25, 0.3) is 15.9 Å². The molecule has 170 valence electrons. The zero-order valence-electron chi connectivity index (χ0n) is 17.4. The molecule has 0 spiro atoms. The highest BCUT2D eigenvalue weighted by molar-refractivity contribution is 7.92. The number of rotatable bonds is 5. The van der Waals surface area contributed by atoms with Crippen molar-refractivity contribution in [1.82, 2.24) is 0 Å². The number of sulfonamides is 1. The molecule has 0 saturated carbocycles. The second-order valence-electron chi connectivity index (χ2n) is 7.13. The summed E-state index contributed by atoms with van der Waals surface area (Å²) in [6, 6.07) is 18.6. The molecule has 8 nitrogen and oxygen atoms in total. The Morgan fingerprint density at radius 1 is 1.06 bits per heavy atom. The Bertz CT molecular complexity index is 1300. The average molecular weight is 487 g/mol. The van der Waals surface area contributed by atoms with E-state index in [1.54, 1.807) is 36.4 Å². The van der Waals surface area contributed by atoms with Crippen LogP contribution in [0.4, 0.5) is 11.4 Å². The van der Waals surface area contributed by atoms with Gasteiger partial charge in [-0.3, -0.25) is 9.10 Å². The van der Waals surface area contributed by atoms with Crippen LogP contribution in [0.25, 0.3) is 0 Å². The molecule has 1 amide bonds. The largest absolute Gasteiger partial charge is 0.476 e. The third-order valence-corrected chi connectivity index (χ3v) is 7.02. The van der Waals surface area contributed by atoms with E-state index in [9.17, 15) is 18.0 Å². The smallest absolute Gasteiger partial charge is 0.337 e. The van der Waals surface area contributed by atoms with Gasteiger partial charge in [-0.1, -0.05) is 29.8 Å². The number of fused-ring (bicyclic) bond motifs is 1. The van der Waals surface area contributed by atoms with Gasteiger partial charge < -0.3 is 14.8 Å². The maximum Gasteiger partial charge on any atom is 0.337 e. The number of amides is 1. The lowest BCUT2D eigenvalue weighted by atomic mass is 10.2. The van der Waals surface area contributed by atoms with Crippen molar-refractivity contribution in [2.45, 2.75) is 11.0 Å². The molecule has 4 rings (SSSR count). The van der Waals surface area contributed by atoms with E-state index in [-0.39, 0.29) is 22.9 Å². The van der Waals surface area contributed by atoms with Crippen LogP contribution in [0.3, 0.4) is 0 Å². The second kappa shape index (κ2) is 9.13. The fraction of sp³-hybridized carbons (Fsp3) is 0.130. The molecule has 1 aliphatic rings. The number of carbonyl (C=O) groups excluding carboxylic acids is 2. The molecular weight excluding hydrogens is 468 g/mol. The maximum atomic E-state index is 13.4. The Labute approximate surface area is 195 Å². The number of esters is 1. The topological polar surface area (TPSA) is 102 Å². The van der Waals surface area contributed by atoms with Gasteiger partial charge in [0.2, 0.25) is 0 Å². The van der Waals surface area contributed by atoms with Gasteiger partial charge in [-0.05, 0) is 54.6 Å². The summed E-state index contributed by atoms with van der Waals surface area (Å²) in [6.45, 7) is -0.253. The third kappa shape index (κ3) is 4.64. The Hall–Kier alpha value is -3.56. The highest BCUT2D eigenvalue weighted by atomic mass is 35.5. The molecule has 0 aliphatic carbocycles. The summed E-state index contributed by atoms with van der Waals surface area (Å²) < 4.78 is 38.3. The molecule has 33 heavy (non-hydrogen) atoms. The second-order valence-corrected chi connectivity index (χ2v) is 9.42. The van der Waals surface area contributed by atoms with E-state index in [1.807, 2.05) is 0 Å². The van der Waals surface area contributed by atoms with E-state index >= 15 is 0 Å². The van der Waals surface area contributed by atoms with Crippen LogP contribution in [-0.4, -0.2) is 40.1 Å². The van der Waals surface area contributed by atoms with E-state index < -0.39 is 28.0 Å². The molecule has 3 aromatic rings. The van der Waals surface area contributed by atoms with Crippen molar-refractivity contribution in [2.75, 3.05) is 23.3 Å². The fourth-order valence-electron chi connectivity index (χ4n) is 3.34. The van der Waals surface area contributed by atoms with Gasteiger partial charge in [0.1, 0.15) is 5.75 Å². The number of hydrogen-bond acceptors (Lipinski definition) is 6. The molecule has 0 saturated heterocycles. The van der Waals surface area contributed by atoms with Gasteiger partial charge in [0, 0.05) is 10.7 Å². The van der Waals surface area contributed by atoms with E-state index in [4.69, 9.17) is 16.3 Å². The Morgan fingerprint density at radius 2 is 1.76 bits per heavy atom. The Morgan fingerprint density at radius 3 is 2.42 bits per heavy atom. The molecule has 3 aromatic carbocycles. The number of hydrogen-bond donors (Lipinski definition) is 1. The minimum Gasteiger partial charge on any atom is -0.476 e. The van der Waals surface area contributed by atoms with Crippen LogP contribution in [0.2, 0.25) is 5.02 Å². The summed E-state index contributed by atoms with van der Waals surface area (Å²) in [5.74, 6) is -0.832. The van der Waals surface area contributed by atoms with Crippen LogP contribution in [0.5, 0.6) is 5.75 Å². The number of nitrogens with zero attached hydrogens (tertiary/aromatic N) is 1. The van der Waals surface area contributed by atoms with Crippen molar-refractivity contribution < 1.29 is 27.5 Å². The zero-order valence-corrected chi connectivity index (χ0v) is 19.0. The van der Waals surface area contributed by atoms with E-state index in [2.05, 4.69) is 10.1 Å². The molecule has 1 N–H and O–H groups in total. The minimum atomic E-state index is -3.99. The number of halogens is 1. The fourth-order valence-corrected chi connectivity index (χ4v) is 4.99. The van der Waals surface area contributed by atoms with E-state index in [1.165, 1.54) is 43.5 Å². The molecule has 10 heteroatoms. The van der Waals surface area contributed by atoms with Crippen LogP contribution in [0.15, 0.2) is 77.7 Å². The zero-order chi connectivity index (χ0) is 23.6. The first-order valence-corrected chi connectivity index (χ1v) is 11.6. The number of ether oxygens (including phenoxy) is 2. The monoisotopic (exact) mass is 486 g/mol. The van der Waals surface area contributed by atoms with Crippen molar-refractivity contribution in [3.63, 3.8) is 0 Å². The molecule has 1 unspecified atom stereocenters. The summed E-state index contributed by atoms with van der Waals surface area (Å²) in [4.78, 5) is 24.6. The lowest BCUT2D eigenvalue weighted by molar-refractivity contribution is -0.122. The van der Waals surface area contributed by atoms with Crippen molar-refractivity contribution in [3.05, 3.63) is 83.4 Å². The van der Waals surface area contributed by atoms with Gasteiger partial charge in [0.15, 0.2) is 6.10 Å². The predicted molar refractivity (Wildman–Crippen MR) is 123 cm³/mol. The summed E-state index contributed by atoms with van der Waals surface area (Å²) in [7, 11) is -2.71. The van der Waals surface area contributed by atoms with Crippen molar-refractivity contribution >= 4 is 44.9 Å². The normalized spacial score (nSPS) is 15.2. The molecular formula is C23H19ClN2O6S. The quantitative estimate of drug-likeness (QED) is 0.551. The number of carbonyl (C=O) groups is 2. The highest BCUT2D eigenvalue weighted by Crippen LogP contribution is 2.39. The third-order valence-electron chi connectivity index (χ3n) is 4.99. The van der Waals surface area contributed by atoms with Gasteiger partial charge in [0.05, 0.1) is 29.8 Å². The Kier molecular flexibility index (Phi) is 6.26. The van der Waals surface area contributed by atoms with Crippen LogP contribution in [0, 0.1) is 0 Å². The van der Waals surface area contributed by atoms with Crippen molar-refractivity contribution in [2.24, 2.45) is 0 Å². The van der Waals surface area contributed by atoms with Crippen LogP contribution in [-0.2, 0) is 19.6 Å². The van der Waals surface area contributed by atoms with Crippen LogP contribution < -0.4 is 14.4 Å². The van der Waals surface area contributed by atoms with Crippen LogP contribution >= 0.6 is 11.6 Å². The van der Waals surface area contributed by atoms with Crippen LogP contribution in [0.1, 0.15) is 10.4 Å². The summed E-state index contributed by atoms with van der Waals surface area (Å²) >= 11 is 6.10. The standard InChI is InChI=1S/C23H19ClN2O6S/c1-31-23(28)15-7-10-17(11-8-15)25-22(27)21-14-26(19-13-16(24)9-12-20(19)32-21)33(29,30)18-5-3-2-4-6-18/h2-13,21H,14H2,1H3,(H,25,27). The van der Waals surface area contributed by atoms with E-state index in [0.717, 1.165) is 4.31 Å². The summed E-state index contributed by atoms with van der Waals surface area (Å²) in [5, 5.41) is 3.02. The number of nitrogens with one attached hydrogen (secondary N) is 1. The molecule has 1 atom stereocenters. The SMILES string of the molecule is COC(=O)c1ccc(NC(=O)C2CN(S(=O)(=O)c3ccccc3)c3cc(Cl)ccc3O2)cc1. The number of benzene rings is 3. The number of methoxy groups -OCH3 is 1. The molecule has 1 aliphatic heterocycles. The maximum absolute atomic E-state index is 13.4. The lowest BCUT2D eigenvalue weighted by Gasteiger charge is -2.34. The van der Waals surface area contributed by atoms with Gasteiger partial charge in [-0.2, -0.15) is 0 Å². The highest BCUT2D eigenvalue weighted by Gasteiger charge is 2.37. The van der Waals surface area contributed by atoms with E-state index in [0.29, 0.717) is 16.3 Å². The van der Waals surface area contributed by atoms with Gasteiger partial charge in [-0.15, -0.1) is 0 Å². The van der Waals surface area contributed by atoms with Gasteiger partial charge in [-0.25, -0.2) is 13.2 Å². The summed E-state index contributed by atoms with van der Waals surface area (Å²) in [5.41, 5.74) is 0.990. The van der Waals surface area contributed by atoms with Crippen molar-refractivity contribution in [1.29, 1.82) is 0 Å². The number of anilines is 2. The first kappa shape index (κ1) is 22.6. The average Bonchev–Trinajstić information content (AvgIpc) is 2.83. The summed E-state index contributed by atoms with van der Waals surface area (Å²) in [6.07, 6.45) is -1.13. The first-order chi connectivity index (χ1) is 15.8. The van der Waals surface area contributed by atoms with Crippen molar-refractivity contribution in [3.8, 4) is 5.75 Å². The molecule has 0 fully saturated rings. The molecule has 0 radical (unpaired) electrons. The molecule has 1 heterocycles. The Balaban J connectivity index is 1.62. The lowest BCUT2D eigenvalue weighted by Crippen LogP contribution is -2.48. The molecule has 0 aromatic heterocycles. The van der Waals surface area contributed by atoms with Gasteiger partial charge >= 0.3 is 5.97 Å². The molecule has 0 bridgehead atoms. The first-order valence-electron chi connectivity index (χ1n) is 9.83. The minimum absolute atomic E-state index is 0.0791. The predicted octanol–water partition coefficient (Wildman–Crippen LogP) is 3.72.